The maximum atomic E-state index is 12.1. The van der Waals surface area contributed by atoms with Crippen LogP contribution in [0.5, 0.6) is 0 Å². The molecule has 0 atom stereocenters. The third kappa shape index (κ3) is 12.3. The molecule has 12 nitrogen and oxygen atoms in total. The maximum absolute atomic E-state index is 12.1. The van der Waals surface area contributed by atoms with Gasteiger partial charge in [0.05, 0.1) is 0 Å². The van der Waals surface area contributed by atoms with Gasteiger partial charge in [0.15, 0.2) is 0 Å². The van der Waals surface area contributed by atoms with E-state index in [4.69, 9.17) is 23.2 Å². The number of rotatable bonds is 12. The fraction of sp³-hybridized carbons (Fsp3) is 0.333. The highest BCUT2D eigenvalue weighted by Crippen LogP contribution is 2.24. The Kier molecular flexibility index (Phi) is 13.6. The van der Waals surface area contributed by atoms with Crippen molar-refractivity contribution < 1.29 is 28.8 Å². The lowest BCUT2D eigenvalue weighted by molar-refractivity contribution is -0.130. The normalized spacial score (nSPS) is 10.2. The van der Waals surface area contributed by atoms with Gasteiger partial charge in [-0.1, -0.05) is 35.3 Å². The van der Waals surface area contributed by atoms with Crippen molar-refractivity contribution in [2.75, 3.05) is 10.6 Å². The van der Waals surface area contributed by atoms with Crippen molar-refractivity contribution in [1.29, 1.82) is 0 Å². The first kappa shape index (κ1) is 33.0. The van der Waals surface area contributed by atoms with Gasteiger partial charge < -0.3 is 10.6 Å². The number of amides is 6. The van der Waals surface area contributed by atoms with Gasteiger partial charge in [-0.2, -0.15) is 0 Å². The molecule has 0 aromatic heterocycles. The molecule has 0 aliphatic rings. The van der Waals surface area contributed by atoms with E-state index >= 15 is 0 Å². The van der Waals surface area contributed by atoms with Crippen molar-refractivity contribution in [2.24, 2.45) is 0 Å². The Morgan fingerprint density at radius 2 is 0.829 bits per heavy atom. The molecular weight excluding hydrogens is 575 g/mol. The summed E-state index contributed by atoms with van der Waals surface area (Å²) in [5.74, 6) is -2.96. The van der Waals surface area contributed by atoms with Crippen molar-refractivity contribution in [3.63, 3.8) is 0 Å². The van der Waals surface area contributed by atoms with Gasteiger partial charge in [0.25, 0.3) is 0 Å². The second-order valence-electron chi connectivity index (χ2n) is 8.97. The molecule has 0 unspecified atom stereocenters. The average molecular weight is 607 g/mol. The third-order valence-electron chi connectivity index (χ3n) is 5.73. The molecule has 41 heavy (non-hydrogen) atoms. The molecule has 0 fully saturated rings. The summed E-state index contributed by atoms with van der Waals surface area (Å²) < 4.78 is 0. The van der Waals surface area contributed by atoms with Crippen LogP contribution in [-0.4, -0.2) is 35.4 Å². The molecule has 0 aliphatic heterocycles. The number of carbonyl (C=O) groups is 6. The highest BCUT2D eigenvalue weighted by atomic mass is 35.5. The minimum absolute atomic E-state index is 0.0702. The number of hydrogen-bond donors (Lipinski definition) is 6. The van der Waals surface area contributed by atoms with E-state index < -0.39 is 23.6 Å². The lowest BCUT2D eigenvalue weighted by Crippen LogP contribution is -2.42. The van der Waals surface area contributed by atoms with E-state index in [1.54, 1.807) is 50.2 Å². The van der Waals surface area contributed by atoms with Gasteiger partial charge in [0.1, 0.15) is 0 Å². The van der Waals surface area contributed by atoms with Crippen LogP contribution in [0.4, 0.5) is 11.4 Å². The summed E-state index contributed by atoms with van der Waals surface area (Å²) in [7, 11) is 0. The molecule has 0 saturated heterocycles. The Labute approximate surface area is 247 Å². The molecular formula is C27H32Cl2N6O6. The topological polar surface area (TPSA) is 175 Å². The summed E-state index contributed by atoms with van der Waals surface area (Å²) in [6, 6.07) is 10.2. The average Bonchev–Trinajstić information content (AvgIpc) is 2.93. The van der Waals surface area contributed by atoms with Crippen molar-refractivity contribution >= 4 is 70.0 Å². The molecule has 0 heterocycles. The maximum Gasteiger partial charge on any atom is 0.238 e. The van der Waals surface area contributed by atoms with Crippen molar-refractivity contribution in [3.05, 3.63) is 57.6 Å². The fourth-order valence-corrected chi connectivity index (χ4v) is 3.65. The van der Waals surface area contributed by atoms with Crippen molar-refractivity contribution in [2.45, 2.75) is 58.8 Å². The molecule has 0 saturated carbocycles. The van der Waals surface area contributed by atoms with Crippen LogP contribution in [0.25, 0.3) is 0 Å². The summed E-state index contributed by atoms with van der Waals surface area (Å²) >= 11 is 12.0. The van der Waals surface area contributed by atoms with Crippen LogP contribution in [-0.2, 0) is 28.8 Å². The zero-order valence-corrected chi connectivity index (χ0v) is 24.1. The first-order valence-electron chi connectivity index (χ1n) is 12.7. The second kappa shape index (κ2) is 16.8. The van der Waals surface area contributed by atoms with Crippen molar-refractivity contribution in [3.8, 4) is 0 Å². The van der Waals surface area contributed by atoms with E-state index in [0.717, 1.165) is 0 Å². The molecule has 6 amide bonds. The monoisotopic (exact) mass is 606 g/mol. The van der Waals surface area contributed by atoms with E-state index in [0.29, 0.717) is 32.5 Å². The van der Waals surface area contributed by atoms with E-state index in [9.17, 15) is 28.8 Å². The number of nitrogens with one attached hydrogen (secondary N) is 6. The van der Waals surface area contributed by atoms with Gasteiger partial charge in [0, 0.05) is 59.9 Å². The smallest absolute Gasteiger partial charge is 0.238 e. The highest BCUT2D eigenvalue weighted by molar-refractivity contribution is 6.32. The molecule has 14 heteroatoms. The standard InChI is InChI=1S/C27H32Cl2N6O6/c1-16-18(28)6-3-8-20(16)30-22(36)12-14-26(40)34-32-24(38)10-5-11-25(39)33-35-27(41)15-13-23(37)31-21-9-4-7-19(29)17(21)2/h3-4,6-9H,5,10-15H2,1-2H3,(H,30,36)(H,31,37)(H,32,38)(H,33,39)(H,34,40)(H,35,41). The highest BCUT2D eigenvalue weighted by Gasteiger charge is 2.13. The van der Waals surface area contributed by atoms with Crippen LogP contribution in [0.15, 0.2) is 36.4 Å². The number of carbonyl (C=O) groups excluding carboxylic acids is 6. The van der Waals surface area contributed by atoms with E-state index in [1.807, 2.05) is 0 Å². The summed E-state index contributed by atoms with van der Waals surface area (Å²) in [6.45, 7) is 3.52. The first-order valence-corrected chi connectivity index (χ1v) is 13.5. The molecule has 0 radical (unpaired) electrons. The molecule has 6 N–H and O–H groups in total. The Morgan fingerprint density at radius 3 is 1.20 bits per heavy atom. The Balaban J connectivity index is 1.54. The van der Waals surface area contributed by atoms with Crippen LogP contribution >= 0.6 is 23.2 Å². The number of halogens is 2. The molecule has 2 aromatic carbocycles. The summed E-state index contributed by atoms with van der Waals surface area (Å²) in [5, 5.41) is 6.36. The minimum Gasteiger partial charge on any atom is -0.326 e. The Morgan fingerprint density at radius 1 is 0.512 bits per heavy atom. The van der Waals surface area contributed by atoms with E-state index in [-0.39, 0.29) is 56.8 Å². The van der Waals surface area contributed by atoms with Crippen LogP contribution in [0.2, 0.25) is 10.0 Å². The van der Waals surface area contributed by atoms with Gasteiger partial charge in [-0.3, -0.25) is 50.5 Å². The van der Waals surface area contributed by atoms with E-state index in [2.05, 4.69) is 32.3 Å². The quantitative estimate of drug-likeness (QED) is 0.202. The van der Waals surface area contributed by atoms with Gasteiger partial charge in [-0.15, -0.1) is 0 Å². The Hall–Kier alpha value is -4.16. The minimum atomic E-state index is -0.562. The Bertz CT molecular complexity index is 1210. The first-order chi connectivity index (χ1) is 19.5. The summed E-state index contributed by atoms with van der Waals surface area (Å²) in [4.78, 5) is 71.8. The number of hydrogen-bond acceptors (Lipinski definition) is 6. The predicted octanol–water partition coefficient (Wildman–Crippen LogP) is 3.21. The lowest BCUT2D eigenvalue weighted by atomic mass is 10.2. The zero-order valence-electron chi connectivity index (χ0n) is 22.6. The van der Waals surface area contributed by atoms with Gasteiger partial charge in [0.2, 0.25) is 35.4 Å². The lowest BCUT2D eigenvalue weighted by Gasteiger charge is -2.10. The molecule has 220 valence electrons. The molecule has 0 aliphatic carbocycles. The van der Waals surface area contributed by atoms with Crippen molar-refractivity contribution in [1.82, 2.24) is 21.7 Å². The van der Waals surface area contributed by atoms with Gasteiger partial charge in [-0.25, -0.2) is 0 Å². The van der Waals surface area contributed by atoms with Gasteiger partial charge in [-0.05, 0) is 55.7 Å². The van der Waals surface area contributed by atoms with E-state index in [1.165, 1.54) is 0 Å². The number of benzene rings is 2. The van der Waals surface area contributed by atoms with Gasteiger partial charge >= 0.3 is 0 Å². The largest absolute Gasteiger partial charge is 0.326 e. The van der Waals surface area contributed by atoms with Crippen LogP contribution in [0, 0.1) is 13.8 Å². The summed E-state index contributed by atoms with van der Waals surface area (Å²) in [6.07, 6.45) is -0.520. The number of hydrazine groups is 2. The SMILES string of the molecule is Cc1c(Cl)cccc1NC(=O)CCC(=O)NNC(=O)CCCC(=O)NNC(=O)CCC(=O)Nc1cccc(Cl)c1C. The molecule has 0 spiro atoms. The fourth-order valence-electron chi connectivity index (χ4n) is 3.30. The predicted molar refractivity (Wildman–Crippen MR) is 155 cm³/mol. The van der Waals surface area contributed by atoms with Crippen LogP contribution < -0.4 is 32.3 Å². The molecule has 0 bridgehead atoms. The van der Waals surface area contributed by atoms with Crippen LogP contribution in [0.3, 0.4) is 0 Å². The third-order valence-corrected chi connectivity index (χ3v) is 6.55. The number of anilines is 2. The zero-order chi connectivity index (χ0) is 30.4. The summed E-state index contributed by atoms with van der Waals surface area (Å²) in [5.41, 5.74) is 11.4. The molecule has 2 rings (SSSR count). The van der Waals surface area contributed by atoms with Crippen LogP contribution in [0.1, 0.15) is 56.1 Å². The molecule has 2 aromatic rings. The second-order valence-corrected chi connectivity index (χ2v) is 9.78.